The molecular formula is C17H30N4O. The quantitative estimate of drug-likeness (QED) is 0.768. The lowest BCUT2D eigenvalue weighted by atomic mass is 9.79. The van der Waals surface area contributed by atoms with Gasteiger partial charge in [0.15, 0.2) is 0 Å². The van der Waals surface area contributed by atoms with Gasteiger partial charge in [0.25, 0.3) is 0 Å². The summed E-state index contributed by atoms with van der Waals surface area (Å²) in [6.07, 6.45) is 9.25. The van der Waals surface area contributed by atoms with E-state index in [2.05, 4.69) is 21.1 Å². The minimum atomic E-state index is 0.553. The van der Waals surface area contributed by atoms with Crippen molar-refractivity contribution in [3.05, 3.63) is 18.5 Å². The van der Waals surface area contributed by atoms with Gasteiger partial charge in [0.05, 0.1) is 6.61 Å². The van der Waals surface area contributed by atoms with E-state index in [0.717, 1.165) is 19.7 Å². The maximum Gasteiger partial charge on any atom is 0.0589 e. The molecule has 22 heavy (non-hydrogen) atoms. The third-order valence-corrected chi connectivity index (χ3v) is 5.29. The van der Waals surface area contributed by atoms with Crippen molar-refractivity contribution in [1.82, 2.24) is 19.6 Å². The van der Waals surface area contributed by atoms with Crippen LogP contribution in [0.15, 0.2) is 18.5 Å². The molecule has 0 bridgehead atoms. The zero-order valence-corrected chi connectivity index (χ0v) is 13.9. The number of hydrogen-bond donors (Lipinski definition) is 0. The lowest BCUT2D eigenvalue weighted by molar-refractivity contribution is 0.0677. The van der Waals surface area contributed by atoms with Crippen molar-refractivity contribution in [2.24, 2.45) is 5.41 Å². The van der Waals surface area contributed by atoms with Crippen LogP contribution in [0.25, 0.3) is 0 Å². The van der Waals surface area contributed by atoms with Gasteiger partial charge in [-0.1, -0.05) is 0 Å². The standard InChI is InChI=1S/C17H30N4O/c1-22-14-13-20-8-2-5-17(16-20)6-12-19(15-17)9-4-11-21-10-3-7-18-21/h3,7,10H,2,4-6,8-9,11-16H2,1H3/t17-/m1/s1. The van der Waals surface area contributed by atoms with Crippen molar-refractivity contribution in [1.29, 1.82) is 0 Å². The van der Waals surface area contributed by atoms with Gasteiger partial charge in [-0.15, -0.1) is 0 Å². The highest BCUT2D eigenvalue weighted by Gasteiger charge is 2.40. The molecule has 124 valence electrons. The number of nitrogens with zero attached hydrogens (tertiary/aromatic N) is 4. The number of ether oxygens (including phenoxy) is 1. The smallest absolute Gasteiger partial charge is 0.0589 e. The Hall–Kier alpha value is -0.910. The lowest BCUT2D eigenvalue weighted by Crippen LogP contribution is -2.45. The number of likely N-dealkylation sites (tertiary alicyclic amines) is 2. The van der Waals surface area contributed by atoms with Crippen molar-refractivity contribution >= 4 is 0 Å². The Morgan fingerprint density at radius 3 is 2.73 bits per heavy atom. The van der Waals surface area contributed by atoms with Gasteiger partial charge in [-0.05, 0) is 56.8 Å². The van der Waals surface area contributed by atoms with Gasteiger partial charge in [0.2, 0.25) is 0 Å². The highest BCUT2D eigenvalue weighted by atomic mass is 16.5. The van der Waals surface area contributed by atoms with Crippen LogP contribution in [0.2, 0.25) is 0 Å². The molecule has 5 nitrogen and oxygen atoms in total. The van der Waals surface area contributed by atoms with E-state index >= 15 is 0 Å². The number of methoxy groups -OCH3 is 1. The molecule has 3 heterocycles. The van der Waals surface area contributed by atoms with Crippen LogP contribution >= 0.6 is 0 Å². The maximum absolute atomic E-state index is 5.24. The molecule has 0 amide bonds. The molecular weight excluding hydrogens is 276 g/mol. The summed E-state index contributed by atoms with van der Waals surface area (Å²) in [5.74, 6) is 0. The van der Waals surface area contributed by atoms with Crippen molar-refractivity contribution < 1.29 is 4.74 Å². The fraction of sp³-hybridized carbons (Fsp3) is 0.824. The Balaban J connectivity index is 1.42. The Labute approximate surface area is 134 Å². The SMILES string of the molecule is COCCN1CCC[C@]2(CCN(CCCn3cccn3)C2)C1. The molecule has 0 radical (unpaired) electrons. The molecule has 1 spiro atoms. The van der Waals surface area contributed by atoms with Crippen LogP contribution in [0.1, 0.15) is 25.7 Å². The van der Waals surface area contributed by atoms with Crippen LogP contribution in [0.4, 0.5) is 0 Å². The topological polar surface area (TPSA) is 33.5 Å². The molecule has 2 saturated heterocycles. The van der Waals surface area contributed by atoms with E-state index in [1.807, 2.05) is 16.9 Å². The molecule has 2 aliphatic rings. The minimum Gasteiger partial charge on any atom is -0.383 e. The molecule has 1 atom stereocenters. The molecule has 0 unspecified atom stereocenters. The van der Waals surface area contributed by atoms with Crippen LogP contribution in [0, 0.1) is 5.41 Å². The fourth-order valence-electron chi connectivity index (χ4n) is 4.16. The van der Waals surface area contributed by atoms with Gasteiger partial charge in [0, 0.05) is 45.7 Å². The molecule has 3 rings (SSSR count). The second-order valence-electron chi connectivity index (χ2n) is 7.02. The lowest BCUT2D eigenvalue weighted by Gasteiger charge is -2.40. The Morgan fingerprint density at radius 2 is 1.95 bits per heavy atom. The summed E-state index contributed by atoms with van der Waals surface area (Å²) in [7, 11) is 1.80. The highest BCUT2D eigenvalue weighted by Crippen LogP contribution is 2.38. The van der Waals surface area contributed by atoms with E-state index in [1.54, 1.807) is 7.11 Å². The van der Waals surface area contributed by atoms with Crippen molar-refractivity contribution in [3.63, 3.8) is 0 Å². The van der Waals surface area contributed by atoms with Crippen molar-refractivity contribution in [2.45, 2.75) is 32.2 Å². The van der Waals surface area contributed by atoms with Gasteiger partial charge < -0.3 is 14.5 Å². The summed E-state index contributed by atoms with van der Waals surface area (Å²) in [6.45, 7) is 9.29. The Kier molecular flexibility index (Phi) is 5.50. The van der Waals surface area contributed by atoms with Crippen LogP contribution in [-0.2, 0) is 11.3 Å². The van der Waals surface area contributed by atoms with E-state index in [9.17, 15) is 0 Å². The van der Waals surface area contributed by atoms with Crippen molar-refractivity contribution in [3.8, 4) is 0 Å². The predicted octanol–water partition coefficient (Wildman–Crippen LogP) is 1.71. The second-order valence-corrected chi connectivity index (χ2v) is 7.02. The van der Waals surface area contributed by atoms with Crippen molar-refractivity contribution in [2.75, 3.05) is 53.0 Å². The van der Waals surface area contributed by atoms with Gasteiger partial charge >= 0.3 is 0 Å². The molecule has 2 fully saturated rings. The van der Waals surface area contributed by atoms with Gasteiger partial charge in [0.1, 0.15) is 0 Å². The summed E-state index contributed by atoms with van der Waals surface area (Å²) in [5, 5.41) is 4.28. The molecule has 2 aliphatic heterocycles. The van der Waals surface area contributed by atoms with Gasteiger partial charge in [-0.25, -0.2) is 0 Å². The zero-order valence-electron chi connectivity index (χ0n) is 13.9. The molecule has 0 aromatic carbocycles. The van der Waals surface area contributed by atoms with E-state index in [4.69, 9.17) is 4.74 Å². The van der Waals surface area contributed by atoms with E-state index in [0.29, 0.717) is 5.41 Å². The minimum absolute atomic E-state index is 0.553. The van der Waals surface area contributed by atoms with Crippen LogP contribution in [0.3, 0.4) is 0 Å². The molecule has 0 aliphatic carbocycles. The predicted molar refractivity (Wildman–Crippen MR) is 87.9 cm³/mol. The average molecular weight is 306 g/mol. The van der Waals surface area contributed by atoms with E-state index in [1.165, 1.54) is 58.4 Å². The van der Waals surface area contributed by atoms with Crippen LogP contribution in [-0.4, -0.2) is 72.6 Å². The number of rotatable bonds is 7. The first-order valence-electron chi connectivity index (χ1n) is 8.71. The normalized spacial score (nSPS) is 27.0. The van der Waals surface area contributed by atoms with Gasteiger partial charge in [-0.2, -0.15) is 5.10 Å². The average Bonchev–Trinajstić information content (AvgIpc) is 3.16. The zero-order chi connectivity index (χ0) is 15.3. The third-order valence-electron chi connectivity index (χ3n) is 5.29. The summed E-state index contributed by atoms with van der Waals surface area (Å²) in [6, 6.07) is 2.00. The van der Waals surface area contributed by atoms with Crippen LogP contribution in [0.5, 0.6) is 0 Å². The second kappa shape index (κ2) is 7.57. The summed E-state index contributed by atoms with van der Waals surface area (Å²) >= 11 is 0. The molecule has 0 saturated carbocycles. The molecule has 1 aromatic heterocycles. The first kappa shape index (κ1) is 16.0. The largest absolute Gasteiger partial charge is 0.383 e. The van der Waals surface area contributed by atoms with Crippen LogP contribution < -0.4 is 0 Å². The first-order valence-corrected chi connectivity index (χ1v) is 8.71. The molecule has 1 aromatic rings. The number of aryl methyl sites for hydroxylation is 1. The summed E-state index contributed by atoms with van der Waals surface area (Å²) in [4.78, 5) is 5.28. The highest BCUT2D eigenvalue weighted by molar-refractivity contribution is 4.94. The van der Waals surface area contributed by atoms with E-state index in [-0.39, 0.29) is 0 Å². The summed E-state index contributed by atoms with van der Waals surface area (Å²) < 4.78 is 7.29. The summed E-state index contributed by atoms with van der Waals surface area (Å²) in [5.41, 5.74) is 0.553. The molecule has 5 heteroatoms. The first-order chi connectivity index (χ1) is 10.8. The van der Waals surface area contributed by atoms with Gasteiger partial charge in [-0.3, -0.25) is 4.68 Å². The Morgan fingerprint density at radius 1 is 1.09 bits per heavy atom. The molecule has 0 N–H and O–H groups in total. The maximum atomic E-state index is 5.24. The third kappa shape index (κ3) is 4.09. The van der Waals surface area contributed by atoms with E-state index < -0.39 is 0 Å². The number of hydrogen-bond acceptors (Lipinski definition) is 4. The number of aromatic nitrogens is 2. The Bertz CT molecular complexity index is 436. The number of piperidine rings is 1. The fourth-order valence-corrected chi connectivity index (χ4v) is 4.16. The monoisotopic (exact) mass is 306 g/mol.